The molecule has 92 valence electrons. The number of rotatable bonds is 8. The van der Waals surface area contributed by atoms with Crippen molar-refractivity contribution in [3.8, 4) is 0 Å². The van der Waals surface area contributed by atoms with E-state index in [0.717, 1.165) is 19.5 Å². The van der Waals surface area contributed by atoms with E-state index in [1.807, 2.05) is 6.07 Å². The molecule has 1 aromatic heterocycles. The van der Waals surface area contributed by atoms with E-state index in [0.29, 0.717) is 6.54 Å². The molecule has 0 aliphatic heterocycles. The molecule has 0 saturated heterocycles. The predicted octanol–water partition coefficient (Wildman–Crippen LogP) is 2.08. The van der Waals surface area contributed by atoms with E-state index in [9.17, 15) is 8.78 Å². The van der Waals surface area contributed by atoms with Gasteiger partial charge in [0.25, 0.3) is 6.43 Å². The molecule has 1 aromatic rings. The average molecular weight is 248 g/mol. The first kappa shape index (κ1) is 13.5. The Kier molecular flexibility index (Phi) is 6.52. The summed E-state index contributed by atoms with van der Waals surface area (Å²) in [5.74, 6) is 0. The first-order chi connectivity index (χ1) is 7.68. The van der Waals surface area contributed by atoms with E-state index < -0.39 is 6.43 Å². The highest BCUT2D eigenvalue weighted by atomic mass is 32.1. The van der Waals surface area contributed by atoms with E-state index in [4.69, 9.17) is 0 Å². The molecule has 16 heavy (non-hydrogen) atoms. The van der Waals surface area contributed by atoms with Crippen LogP contribution in [0, 0.1) is 0 Å². The molecule has 5 heteroatoms. The van der Waals surface area contributed by atoms with Gasteiger partial charge >= 0.3 is 0 Å². The number of halogens is 2. The molecule has 0 bridgehead atoms. The lowest BCUT2D eigenvalue weighted by Gasteiger charge is -2.15. The summed E-state index contributed by atoms with van der Waals surface area (Å²) in [5.41, 5.74) is 0. The van der Waals surface area contributed by atoms with Crippen LogP contribution in [-0.2, 0) is 6.42 Å². The number of alkyl halides is 2. The van der Waals surface area contributed by atoms with Crippen LogP contribution in [0.4, 0.5) is 8.78 Å². The first-order valence-corrected chi connectivity index (χ1v) is 6.26. The molecule has 1 rings (SSSR count). The van der Waals surface area contributed by atoms with Gasteiger partial charge in [0.15, 0.2) is 0 Å². The van der Waals surface area contributed by atoms with Gasteiger partial charge in [-0.1, -0.05) is 6.07 Å². The Balaban J connectivity index is 1.95. The van der Waals surface area contributed by atoms with Gasteiger partial charge in [-0.3, -0.25) is 4.90 Å². The summed E-state index contributed by atoms with van der Waals surface area (Å²) in [7, 11) is 1.72. The number of thiophene rings is 1. The van der Waals surface area contributed by atoms with Crippen molar-refractivity contribution in [3.63, 3.8) is 0 Å². The molecule has 2 nitrogen and oxygen atoms in total. The van der Waals surface area contributed by atoms with Gasteiger partial charge < -0.3 is 5.32 Å². The molecule has 0 aliphatic rings. The Bertz CT molecular complexity index is 265. The van der Waals surface area contributed by atoms with Crippen molar-refractivity contribution in [1.82, 2.24) is 10.2 Å². The van der Waals surface area contributed by atoms with Gasteiger partial charge in [-0.2, -0.15) is 0 Å². The van der Waals surface area contributed by atoms with Crippen LogP contribution < -0.4 is 5.32 Å². The zero-order valence-electron chi connectivity index (χ0n) is 9.46. The minimum Gasteiger partial charge on any atom is -0.315 e. The lowest BCUT2D eigenvalue weighted by atomic mass is 10.3. The van der Waals surface area contributed by atoms with Crippen LogP contribution in [0.5, 0.6) is 0 Å². The van der Waals surface area contributed by atoms with Gasteiger partial charge in [-0.15, -0.1) is 11.3 Å². The summed E-state index contributed by atoms with van der Waals surface area (Å²) in [5, 5.41) is 5.31. The SMILES string of the molecule is CN(CCNCCc1cccs1)CC(F)F. The van der Waals surface area contributed by atoms with Crippen LogP contribution in [0.15, 0.2) is 17.5 Å². The summed E-state index contributed by atoms with van der Waals surface area (Å²) in [6.45, 7) is 2.18. The first-order valence-electron chi connectivity index (χ1n) is 5.38. The second kappa shape index (κ2) is 7.70. The van der Waals surface area contributed by atoms with Crippen LogP contribution in [0.3, 0.4) is 0 Å². The van der Waals surface area contributed by atoms with Crippen molar-refractivity contribution < 1.29 is 8.78 Å². The third-order valence-electron chi connectivity index (χ3n) is 2.25. The number of hydrogen-bond donors (Lipinski definition) is 1. The Morgan fingerprint density at radius 2 is 2.25 bits per heavy atom. The third-order valence-corrected chi connectivity index (χ3v) is 3.18. The van der Waals surface area contributed by atoms with Crippen molar-refractivity contribution in [1.29, 1.82) is 0 Å². The summed E-state index contributed by atoms with van der Waals surface area (Å²) in [6.07, 6.45) is -1.23. The molecule has 0 fully saturated rings. The molecular weight excluding hydrogens is 230 g/mol. The molecule has 1 N–H and O–H groups in total. The van der Waals surface area contributed by atoms with Gasteiger partial charge in [-0.05, 0) is 24.9 Å². The number of hydrogen-bond acceptors (Lipinski definition) is 3. The molecule has 0 aliphatic carbocycles. The highest BCUT2D eigenvalue weighted by Gasteiger charge is 2.06. The molecule has 0 radical (unpaired) electrons. The van der Waals surface area contributed by atoms with E-state index in [1.54, 1.807) is 23.3 Å². The van der Waals surface area contributed by atoms with Gasteiger partial charge in [-0.25, -0.2) is 8.78 Å². The quantitative estimate of drug-likeness (QED) is 0.709. The summed E-state index contributed by atoms with van der Waals surface area (Å²) >= 11 is 1.75. The molecular formula is C11H18F2N2S. The standard InChI is InChI=1S/C11H18F2N2S/c1-15(9-11(12)13)7-6-14-5-4-10-3-2-8-16-10/h2-3,8,11,14H,4-7,9H2,1H3. The lowest BCUT2D eigenvalue weighted by Crippen LogP contribution is -2.33. The van der Waals surface area contributed by atoms with E-state index in [1.165, 1.54) is 4.88 Å². The lowest BCUT2D eigenvalue weighted by molar-refractivity contribution is 0.101. The average Bonchev–Trinajstić information content (AvgIpc) is 2.68. The summed E-state index contributed by atoms with van der Waals surface area (Å²) < 4.78 is 24.0. The minimum absolute atomic E-state index is 0.146. The third kappa shape index (κ3) is 6.15. The zero-order chi connectivity index (χ0) is 11.8. The van der Waals surface area contributed by atoms with Crippen LogP contribution in [-0.4, -0.2) is 44.6 Å². The number of nitrogens with zero attached hydrogens (tertiary/aromatic N) is 1. The molecule has 0 amide bonds. The fourth-order valence-electron chi connectivity index (χ4n) is 1.39. The van der Waals surface area contributed by atoms with Crippen molar-refractivity contribution in [2.24, 2.45) is 0 Å². The van der Waals surface area contributed by atoms with Gasteiger partial charge in [0.05, 0.1) is 6.54 Å². The Morgan fingerprint density at radius 1 is 1.44 bits per heavy atom. The van der Waals surface area contributed by atoms with Crippen LogP contribution in [0.25, 0.3) is 0 Å². The predicted molar refractivity (Wildman–Crippen MR) is 64.4 cm³/mol. The monoisotopic (exact) mass is 248 g/mol. The molecule has 0 spiro atoms. The van der Waals surface area contributed by atoms with Crippen molar-refractivity contribution in [2.75, 3.05) is 33.2 Å². The molecule has 1 heterocycles. The van der Waals surface area contributed by atoms with Gasteiger partial charge in [0.1, 0.15) is 0 Å². The van der Waals surface area contributed by atoms with Crippen molar-refractivity contribution in [3.05, 3.63) is 22.4 Å². The molecule has 0 aromatic carbocycles. The Hall–Kier alpha value is -0.520. The highest BCUT2D eigenvalue weighted by molar-refractivity contribution is 7.09. The topological polar surface area (TPSA) is 15.3 Å². The van der Waals surface area contributed by atoms with Crippen LogP contribution >= 0.6 is 11.3 Å². The largest absolute Gasteiger partial charge is 0.315 e. The Labute approximate surface area is 99.3 Å². The molecule has 0 atom stereocenters. The maximum absolute atomic E-state index is 12.0. The normalized spacial score (nSPS) is 11.6. The summed E-state index contributed by atoms with van der Waals surface area (Å²) in [4.78, 5) is 3.00. The fourth-order valence-corrected chi connectivity index (χ4v) is 2.10. The second-order valence-corrected chi connectivity index (χ2v) is 4.76. The molecule has 0 unspecified atom stereocenters. The van der Waals surface area contributed by atoms with Gasteiger partial charge in [0, 0.05) is 24.5 Å². The zero-order valence-corrected chi connectivity index (χ0v) is 10.3. The van der Waals surface area contributed by atoms with Crippen LogP contribution in [0.1, 0.15) is 4.88 Å². The fraction of sp³-hybridized carbons (Fsp3) is 0.636. The Morgan fingerprint density at radius 3 is 2.88 bits per heavy atom. The maximum atomic E-state index is 12.0. The smallest absolute Gasteiger partial charge is 0.251 e. The van der Waals surface area contributed by atoms with Crippen LogP contribution in [0.2, 0.25) is 0 Å². The van der Waals surface area contributed by atoms with E-state index >= 15 is 0 Å². The molecule has 0 saturated carbocycles. The summed E-state index contributed by atoms with van der Waals surface area (Å²) in [6, 6.07) is 4.14. The van der Waals surface area contributed by atoms with Crippen molar-refractivity contribution in [2.45, 2.75) is 12.8 Å². The minimum atomic E-state index is -2.24. The van der Waals surface area contributed by atoms with Gasteiger partial charge in [0.2, 0.25) is 0 Å². The maximum Gasteiger partial charge on any atom is 0.251 e. The van der Waals surface area contributed by atoms with E-state index in [2.05, 4.69) is 16.8 Å². The number of likely N-dealkylation sites (N-methyl/N-ethyl adjacent to an activating group) is 1. The highest BCUT2D eigenvalue weighted by Crippen LogP contribution is 2.07. The second-order valence-electron chi connectivity index (χ2n) is 3.73. The van der Waals surface area contributed by atoms with E-state index in [-0.39, 0.29) is 6.54 Å². The number of nitrogens with one attached hydrogen (secondary N) is 1. The van der Waals surface area contributed by atoms with Crippen molar-refractivity contribution >= 4 is 11.3 Å².